The molecule has 47 heavy (non-hydrogen) atoms. The molecule has 1 aliphatic heterocycles. The van der Waals surface area contributed by atoms with Crippen LogP contribution in [0.25, 0.3) is 0 Å². The maximum absolute atomic E-state index is 6.95. The summed E-state index contributed by atoms with van der Waals surface area (Å²) >= 11 is 1.65. The van der Waals surface area contributed by atoms with E-state index in [4.69, 9.17) is 23.7 Å². The van der Waals surface area contributed by atoms with Crippen LogP contribution >= 0.6 is 11.8 Å². The van der Waals surface area contributed by atoms with Crippen LogP contribution < -0.4 is 0 Å². The highest BCUT2D eigenvalue weighted by atomic mass is 32.2. The van der Waals surface area contributed by atoms with E-state index in [0.717, 1.165) is 27.1 Å². The topological polar surface area (TPSA) is 46.2 Å². The summed E-state index contributed by atoms with van der Waals surface area (Å²) in [5.41, 5.74) is 5.20. The molecule has 242 valence electrons. The lowest BCUT2D eigenvalue weighted by Gasteiger charge is -2.46. The van der Waals surface area contributed by atoms with Gasteiger partial charge in [0, 0.05) is 4.90 Å². The van der Waals surface area contributed by atoms with Gasteiger partial charge in [-0.25, -0.2) is 0 Å². The van der Waals surface area contributed by atoms with Crippen molar-refractivity contribution in [1.29, 1.82) is 0 Å². The highest BCUT2D eigenvalue weighted by Crippen LogP contribution is 2.38. The molecule has 5 aromatic rings. The second-order valence-corrected chi connectivity index (χ2v) is 12.9. The van der Waals surface area contributed by atoms with Crippen molar-refractivity contribution < 1.29 is 23.7 Å². The van der Waals surface area contributed by atoms with E-state index in [9.17, 15) is 0 Å². The van der Waals surface area contributed by atoms with E-state index in [2.05, 4.69) is 79.7 Å². The second-order valence-electron chi connectivity index (χ2n) is 11.8. The fourth-order valence-corrected chi connectivity index (χ4v) is 6.72. The largest absolute Gasteiger partial charge is 0.374 e. The summed E-state index contributed by atoms with van der Waals surface area (Å²) in [5, 5.41) is 0. The molecule has 0 aliphatic carbocycles. The Morgan fingerprint density at radius 3 is 1.40 bits per heavy atom. The maximum Gasteiger partial charge on any atom is 0.137 e. The highest BCUT2D eigenvalue weighted by molar-refractivity contribution is 7.99. The first-order valence-corrected chi connectivity index (χ1v) is 17.1. The number of hydrogen-bond acceptors (Lipinski definition) is 6. The van der Waals surface area contributed by atoms with Crippen LogP contribution in [-0.2, 0) is 50.1 Å². The number of aryl methyl sites for hydroxylation is 1. The van der Waals surface area contributed by atoms with E-state index in [0.29, 0.717) is 33.0 Å². The lowest BCUT2D eigenvalue weighted by atomic mass is 9.98. The van der Waals surface area contributed by atoms with E-state index in [1.54, 1.807) is 11.8 Å². The molecule has 5 aromatic carbocycles. The van der Waals surface area contributed by atoms with Gasteiger partial charge in [-0.1, -0.05) is 151 Å². The lowest BCUT2D eigenvalue weighted by molar-refractivity contribution is -0.254. The van der Waals surface area contributed by atoms with Gasteiger partial charge >= 0.3 is 0 Å². The van der Waals surface area contributed by atoms with Crippen LogP contribution in [0.1, 0.15) is 27.8 Å². The van der Waals surface area contributed by atoms with E-state index in [1.165, 1.54) is 5.56 Å². The Labute approximate surface area is 282 Å². The van der Waals surface area contributed by atoms with Gasteiger partial charge in [0.2, 0.25) is 0 Å². The van der Waals surface area contributed by atoms with Gasteiger partial charge in [-0.15, -0.1) is 0 Å². The molecule has 0 radical (unpaired) electrons. The monoisotopic (exact) mass is 646 g/mol. The Hall–Kier alpha value is -3.75. The minimum Gasteiger partial charge on any atom is -0.374 e. The van der Waals surface area contributed by atoms with Gasteiger partial charge in [0.1, 0.15) is 29.9 Å². The van der Waals surface area contributed by atoms with Gasteiger partial charge in [-0.2, -0.15) is 0 Å². The quantitative estimate of drug-likeness (QED) is 0.113. The summed E-state index contributed by atoms with van der Waals surface area (Å²) < 4.78 is 33.7. The molecule has 0 saturated carbocycles. The summed E-state index contributed by atoms with van der Waals surface area (Å²) in [6, 6.07) is 49.4. The van der Waals surface area contributed by atoms with Gasteiger partial charge in [-0.3, -0.25) is 0 Å². The van der Waals surface area contributed by atoms with Crippen LogP contribution in [0.15, 0.2) is 150 Å². The second kappa shape index (κ2) is 17.4. The van der Waals surface area contributed by atoms with Gasteiger partial charge in [0.25, 0.3) is 0 Å². The lowest BCUT2D eigenvalue weighted by Crippen LogP contribution is -2.60. The third-order valence-corrected chi connectivity index (χ3v) is 9.27. The Kier molecular flexibility index (Phi) is 12.3. The molecular formula is C41H42O5S. The molecule has 0 bridgehead atoms. The standard InChI is InChI=1S/C41H42O5S/c1-31-22-24-36(25-23-31)47-41-40(45-29-35-20-12-5-13-21-35)39(44-28-34-18-10-4-11-19-34)38(43-27-33-16-8-3-9-17-33)37(46-41)30-42-26-32-14-6-2-7-15-32/h2-25,37-41H,26-30H2,1H3/t37-,38-,39+,40+,41-/m1/s1. The van der Waals surface area contributed by atoms with Crippen molar-refractivity contribution in [1.82, 2.24) is 0 Å². The van der Waals surface area contributed by atoms with Gasteiger partial charge in [-0.05, 0) is 41.3 Å². The Morgan fingerprint density at radius 1 is 0.489 bits per heavy atom. The van der Waals surface area contributed by atoms with Gasteiger partial charge < -0.3 is 23.7 Å². The van der Waals surface area contributed by atoms with Crippen LogP contribution in [0, 0.1) is 6.92 Å². The minimum atomic E-state index is -0.453. The minimum absolute atomic E-state index is 0.343. The highest BCUT2D eigenvalue weighted by Gasteiger charge is 2.49. The first-order valence-electron chi connectivity index (χ1n) is 16.2. The third-order valence-electron chi connectivity index (χ3n) is 8.11. The number of thioether (sulfide) groups is 1. The number of hydrogen-bond donors (Lipinski definition) is 0. The van der Waals surface area contributed by atoms with Crippen LogP contribution in [0.4, 0.5) is 0 Å². The first kappa shape index (κ1) is 33.2. The summed E-state index contributed by atoms with van der Waals surface area (Å²) in [7, 11) is 0. The van der Waals surface area contributed by atoms with Gasteiger partial charge in [0.15, 0.2) is 0 Å². The SMILES string of the molecule is Cc1ccc(S[C@H]2O[C@H](COCc3ccccc3)[C@@H](OCc3ccccc3)[C@H](OCc3ccccc3)[C@@H]2OCc2ccccc2)cc1. The van der Waals surface area contributed by atoms with Crippen molar-refractivity contribution >= 4 is 11.8 Å². The van der Waals surface area contributed by atoms with Crippen LogP contribution in [0.3, 0.4) is 0 Å². The van der Waals surface area contributed by atoms with E-state index in [-0.39, 0.29) is 5.44 Å². The average molecular weight is 647 g/mol. The zero-order valence-electron chi connectivity index (χ0n) is 26.7. The Bertz CT molecular complexity index is 1590. The molecule has 1 fully saturated rings. The molecule has 0 spiro atoms. The van der Waals surface area contributed by atoms with Crippen molar-refractivity contribution in [3.05, 3.63) is 173 Å². The molecule has 0 aromatic heterocycles. The third kappa shape index (κ3) is 9.88. The maximum atomic E-state index is 6.95. The average Bonchev–Trinajstić information content (AvgIpc) is 3.12. The van der Waals surface area contributed by atoms with Crippen LogP contribution in [-0.4, -0.2) is 36.5 Å². The zero-order chi connectivity index (χ0) is 32.1. The molecule has 1 aliphatic rings. The molecule has 5 nitrogen and oxygen atoms in total. The predicted molar refractivity (Wildman–Crippen MR) is 187 cm³/mol. The van der Waals surface area contributed by atoms with E-state index < -0.39 is 24.4 Å². The first-order chi connectivity index (χ1) is 23.2. The summed E-state index contributed by atoms with van der Waals surface area (Å²) in [5.74, 6) is 0. The molecule has 1 saturated heterocycles. The number of benzene rings is 5. The molecular weight excluding hydrogens is 605 g/mol. The van der Waals surface area contributed by atoms with Crippen molar-refractivity contribution in [2.45, 2.75) is 68.1 Å². The fourth-order valence-electron chi connectivity index (χ4n) is 5.59. The van der Waals surface area contributed by atoms with Crippen molar-refractivity contribution in [2.24, 2.45) is 0 Å². The molecule has 1 heterocycles. The molecule has 5 atom stereocenters. The van der Waals surface area contributed by atoms with Crippen molar-refractivity contribution in [3.63, 3.8) is 0 Å². The smallest absolute Gasteiger partial charge is 0.137 e. The molecule has 0 unspecified atom stereocenters. The van der Waals surface area contributed by atoms with Crippen molar-refractivity contribution in [3.8, 4) is 0 Å². The predicted octanol–water partition coefficient (Wildman–Crippen LogP) is 8.79. The van der Waals surface area contributed by atoms with Crippen LogP contribution in [0.2, 0.25) is 0 Å². The Balaban J connectivity index is 1.31. The van der Waals surface area contributed by atoms with Crippen LogP contribution in [0.5, 0.6) is 0 Å². The summed E-state index contributed by atoms with van der Waals surface area (Å²) in [6.45, 7) is 4.17. The molecule has 0 N–H and O–H groups in total. The van der Waals surface area contributed by atoms with Crippen molar-refractivity contribution in [2.75, 3.05) is 6.61 Å². The Morgan fingerprint density at radius 2 is 0.915 bits per heavy atom. The summed E-state index contributed by atoms with van der Waals surface area (Å²) in [4.78, 5) is 1.10. The van der Waals surface area contributed by atoms with E-state index >= 15 is 0 Å². The number of ether oxygens (including phenoxy) is 5. The zero-order valence-corrected chi connectivity index (χ0v) is 27.5. The fraction of sp³-hybridized carbons (Fsp3) is 0.268. The van der Waals surface area contributed by atoms with E-state index in [1.807, 2.05) is 72.8 Å². The van der Waals surface area contributed by atoms with Gasteiger partial charge in [0.05, 0.1) is 33.0 Å². The molecule has 6 heteroatoms. The number of rotatable bonds is 15. The normalized spacial score (nSPS) is 21.0. The molecule has 0 amide bonds. The summed E-state index contributed by atoms with van der Waals surface area (Å²) in [6.07, 6.45) is -1.73. The molecule has 6 rings (SSSR count).